The van der Waals surface area contributed by atoms with Crippen molar-refractivity contribution in [3.05, 3.63) is 60.7 Å². The summed E-state index contributed by atoms with van der Waals surface area (Å²) in [4.78, 5) is 4.50. The first-order valence-electron chi connectivity index (χ1n) is 6.36. The van der Waals surface area contributed by atoms with Gasteiger partial charge < -0.3 is 4.74 Å². The summed E-state index contributed by atoms with van der Waals surface area (Å²) in [6.07, 6.45) is 0. The molecule has 0 aliphatic rings. The van der Waals surface area contributed by atoms with Crippen LogP contribution in [0.15, 0.2) is 70.6 Å². The normalized spacial score (nSPS) is 11.5. The Labute approximate surface area is 122 Å². The fourth-order valence-electron chi connectivity index (χ4n) is 2.08. The average Bonchev–Trinajstić information content (AvgIpc) is 2.54. The monoisotopic (exact) mass is 299 g/mol. The number of pyridine rings is 1. The van der Waals surface area contributed by atoms with Crippen LogP contribution in [0.2, 0.25) is 0 Å². The maximum atomic E-state index is 12.5. The van der Waals surface area contributed by atoms with Crippen LogP contribution in [0.5, 0.6) is 5.75 Å². The van der Waals surface area contributed by atoms with E-state index in [-0.39, 0.29) is 9.92 Å². The van der Waals surface area contributed by atoms with Crippen molar-refractivity contribution < 1.29 is 13.2 Å². The van der Waals surface area contributed by atoms with E-state index in [0.717, 1.165) is 5.39 Å². The van der Waals surface area contributed by atoms with E-state index < -0.39 is 9.84 Å². The van der Waals surface area contributed by atoms with Gasteiger partial charge in [-0.1, -0.05) is 18.2 Å². The van der Waals surface area contributed by atoms with Gasteiger partial charge in [-0.15, -0.1) is 0 Å². The largest absolute Gasteiger partial charge is 0.497 e. The Balaban J connectivity index is 2.16. The van der Waals surface area contributed by atoms with Gasteiger partial charge in [0.05, 0.1) is 17.5 Å². The topological polar surface area (TPSA) is 56.3 Å². The second kappa shape index (κ2) is 5.18. The van der Waals surface area contributed by atoms with Crippen LogP contribution >= 0.6 is 0 Å². The molecule has 0 N–H and O–H groups in total. The van der Waals surface area contributed by atoms with Crippen molar-refractivity contribution >= 4 is 20.7 Å². The molecule has 0 aliphatic heterocycles. The third kappa shape index (κ3) is 2.48. The lowest BCUT2D eigenvalue weighted by Gasteiger charge is -2.06. The van der Waals surface area contributed by atoms with Crippen LogP contribution in [-0.4, -0.2) is 20.5 Å². The van der Waals surface area contributed by atoms with E-state index in [1.54, 1.807) is 49.6 Å². The van der Waals surface area contributed by atoms with Crippen LogP contribution < -0.4 is 4.74 Å². The van der Waals surface area contributed by atoms with Gasteiger partial charge in [0.1, 0.15) is 5.75 Å². The molecule has 0 saturated carbocycles. The molecule has 0 spiro atoms. The molecule has 3 aromatic rings. The summed E-state index contributed by atoms with van der Waals surface area (Å²) in [6.45, 7) is 0. The first-order valence-corrected chi connectivity index (χ1v) is 7.84. The molecule has 1 heterocycles. The van der Waals surface area contributed by atoms with Gasteiger partial charge in [-0.3, -0.25) is 0 Å². The van der Waals surface area contributed by atoms with Gasteiger partial charge >= 0.3 is 0 Å². The summed E-state index contributed by atoms with van der Waals surface area (Å²) in [6, 6.07) is 16.9. The van der Waals surface area contributed by atoms with Gasteiger partial charge in [-0.25, -0.2) is 13.4 Å². The standard InChI is InChI=1S/C16H13NO3S/c1-20-13-9-7-12-8-10-16(17-15(12)11-13)21(18,19)14-5-3-2-4-6-14/h2-11H,1H3. The first-order chi connectivity index (χ1) is 10.1. The van der Waals surface area contributed by atoms with E-state index in [1.165, 1.54) is 6.07 Å². The van der Waals surface area contributed by atoms with Gasteiger partial charge in [-0.05, 0) is 36.4 Å². The Morgan fingerprint density at radius 3 is 2.38 bits per heavy atom. The van der Waals surface area contributed by atoms with Crippen LogP contribution in [0.25, 0.3) is 10.9 Å². The SMILES string of the molecule is COc1ccc2ccc(S(=O)(=O)c3ccccc3)nc2c1. The van der Waals surface area contributed by atoms with Crippen molar-refractivity contribution in [2.45, 2.75) is 9.92 Å². The maximum absolute atomic E-state index is 12.5. The van der Waals surface area contributed by atoms with E-state index in [4.69, 9.17) is 4.74 Å². The molecule has 1 aromatic heterocycles. The molecule has 0 bridgehead atoms. The third-order valence-electron chi connectivity index (χ3n) is 3.20. The highest BCUT2D eigenvalue weighted by atomic mass is 32.2. The smallest absolute Gasteiger partial charge is 0.223 e. The Morgan fingerprint density at radius 2 is 1.67 bits per heavy atom. The zero-order chi connectivity index (χ0) is 14.9. The van der Waals surface area contributed by atoms with Crippen LogP contribution in [0.4, 0.5) is 0 Å². The quantitative estimate of drug-likeness (QED) is 0.746. The van der Waals surface area contributed by atoms with Crippen molar-refractivity contribution in [2.75, 3.05) is 7.11 Å². The molecule has 3 rings (SSSR count). The number of fused-ring (bicyclic) bond motifs is 1. The highest BCUT2D eigenvalue weighted by Crippen LogP contribution is 2.24. The molecule has 0 atom stereocenters. The molecule has 0 saturated heterocycles. The number of hydrogen-bond acceptors (Lipinski definition) is 4. The molecule has 0 amide bonds. The molecule has 0 fully saturated rings. The molecule has 0 radical (unpaired) electrons. The molecule has 5 heteroatoms. The minimum Gasteiger partial charge on any atom is -0.497 e. The van der Waals surface area contributed by atoms with Crippen molar-refractivity contribution in [1.29, 1.82) is 0 Å². The van der Waals surface area contributed by atoms with Crippen LogP contribution in [0.3, 0.4) is 0 Å². The molecule has 4 nitrogen and oxygen atoms in total. The summed E-state index contributed by atoms with van der Waals surface area (Å²) in [5.74, 6) is 0.643. The summed E-state index contributed by atoms with van der Waals surface area (Å²) in [7, 11) is -2.04. The third-order valence-corrected chi connectivity index (χ3v) is 4.87. The number of rotatable bonds is 3. The molecule has 0 aliphatic carbocycles. The number of hydrogen-bond donors (Lipinski definition) is 0. The molecule has 21 heavy (non-hydrogen) atoms. The lowest BCUT2D eigenvalue weighted by molar-refractivity contribution is 0.415. The lowest BCUT2D eigenvalue weighted by atomic mass is 10.2. The molecule has 0 unspecified atom stereocenters. The van der Waals surface area contributed by atoms with Crippen LogP contribution in [0, 0.1) is 0 Å². The van der Waals surface area contributed by atoms with E-state index in [9.17, 15) is 8.42 Å². The van der Waals surface area contributed by atoms with Crippen molar-refractivity contribution in [3.63, 3.8) is 0 Å². The minimum atomic E-state index is -3.60. The predicted octanol–water partition coefficient (Wildman–Crippen LogP) is 3.08. The summed E-state index contributed by atoms with van der Waals surface area (Å²) < 4.78 is 30.2. The second-order valence-electron chi connectivity index (χ2n) is 4.52. The van der Waals surface area contributed by atoms with Crippen LogP contribution in [-0.2, 0) is 9.84 Å². The summed E-state index contributed by atoms with van der Waals surface area (Å²) in [5.41, 5.74) is 0.589. The number of nitrogens with zero attached hydrogens (tertiary/aromatic N) is 1. The van der Waals surface area contributed by atoms with Crippen molar-refractivity contribution in [3.8, 4) is 5.75 Å². The fraction of sp³-hybridized carbons (Fsp3) is 0.0625. The number of aromatic nitrogens is 1. The summed E-state index contributed by atoms with van der Waals surface area (Å²) in [5, 5.41) is 0.900. The van der Waals surface area contributed by atoms with Gasteiger partial charge in [0.2, 0.25) is 9.84 Å². The van der Waals surface area contributed by atoms with Crippen molar-refractivity contribution in [2.24, 2.45) is 0 Å². The number of methoxy groups -OCH3 is 1. The zero-order valence-electron chi connectivity index (χ0n) is 11.4. The number of benzene rings is 2. The van der Waals surface area contributed by atoms with E-state index in [0.29, 0.717) is 11.3 Å². The van der Waals surface area contributed by atoms with E-state index in [1.807, 2.05) is 12.1 Å². The fourth-order valence-corrected chi connectivity index (χ4v) is 3.30. The highest BCUT2D eigenvalue weighted by Gasteiger charge is 2.19. The maximum Gasteiger partial charge on any atom is 0.223 e. The highest BCUT2D eigenvalue weighted by molar-refractivity contribution is 7.91. The Hall–Kier alpha value is -2.40. The van der Waals surface area contributed by atoms with Gasteiger partial charge in [0, 0.05) is 11.5 Å². The van der Waals surface area contributed by atoms with Crippen molar-refractivity contribution in [1.82, 2.24) is 4.98 Å². The second-order valence-corrected chi connectivity index (χ2v) is 6.42. The van der Waals surface area contributed by atoms with Crippen LogP contribution in [0.1, 0.15) is 0 Å². The average molecular weight is 299 g/mol. The van der Waals surface area contributed by atoms with Gasteiger partial charge in [0.15, 0.2) is 5.03 Å². The minimum absolute atomic E-state index is 0.0365. The molecular weight excluding hydrogens is 286 g/mol. The zero-order valence-corrected chi connectivity index (χ0v) is 12.2. The lowest BCUT2D eigenvalue weighted by Crippen LogP contribution is -2.04. The van der Waals surface area contributed by atoms with Gasteiger partial charge in [0.25, 0.3) is 0 Å². The molecular formula is C16H13NO3S. The summed E-state index contributed by atoms with van der Waals surface area (Å²) >= 11 is 0. The molecule has 106 valence electrons. The Morgan fingerprint density at radius 1 is 0.952 bits per heavy atom. The molecule has 2 aromatic carbocycles. The van der Waals surface area contributed by atoms with E-state index in [2.05, 4.69) is 4.98 Å². The number of sulfone groups is 1. The number of ether oxygens (including phenoxy) is 1. The Bertz CT molecular complexity index is 890. The van der Waals surface area contributed by atoms with Gasteiger partial charge in [-0.2, -0.15) is 0 Å². The predicted molar refractivity (Wildman–Crippen MR) is 80.2 cm³/mol. The Kier molecular flexibility index (Phi) is 3.35. The van der Waals surface area contributed by atoms with E-state index >= 15 is 0 Å². The first kappa shape index (κ1) is 13.6.